The van der Waals surface area contributed by atoms with E-state index in [1.807, 2.05) is 24.5 Å². The number of benzene rings is 2. The lowest BCUT2D eigenvalue weighted by molar-refractivity contribution is 0.0980. The highest BCUT2D eigenvalue weighted by Gasteiger charge is 2.27. The minimum Gasteiger partial charge on any atom is -0.302 e. The summed E-state index contributed by atoms with van der Waals surface area (Å²) in [7, 11) is -3.54. The molecule has 3 rings (SSSR count). The number of hydrogen-bond acceptors (Lipinski definition) is 7. The van der Waals surface area contributed by atoms with Crippen molar-refractivity contribution >= 4 is 54.2 Å². The van der Waals surface area contributed by atoms with Crippen LogP contribution in [0.2, 0.25) is 0 Å². The Balaban J connectivity index is 2.09. The average Bonchev–Trinajstić information content (AvgIpc) is 3.25. The summed E-state index contributed by atoms with van der Waals surface area (Å²) in [5, 5.41) is 0.586. The van der Waals surface area contributed by atoms with Gasteiger partial charge < -0.3 is 4.90 Å². The number of para-hydroxylation sites is 1. The molecule has 1 aromatic heterocycles. The summed E-state index contributed by atoms with van der Waals surface area (Å²) < 4.78 is 26.3. The van der Waals surface area contributed by atoms with Crippen LogP contribution in [0, 0.1) is 0 Å². The Labute approximate surface area is 198 Å². The number of amides is 1. The molecule has 0 aliphatic heterocycles. The van der Waals surface area contributed by atoms with Crippen molar-refractivity contribution in [2.75, 3.05) is 43.1 Å². The number of aromatic nitrogens is 1. The number of hydrogen-bond donors (Lipinski definition) is 0. The second kappa shape index (κ2) is 10.8. The van der Waals surface area contributed by atoms with Gasteiger partial charge in [0.15, 0.2) is 15.0 Å². The summed E-state index contributed by atoms with van der Waals surface area (Å²) in [4.78, 5) is 23.6. The second-order valence-corrected chi connectivity index (χ2v) is 11.3. The number of likely N-dealkylation sites (N-methyl/N-ethyl adjacent to an activating group) is 1. The van der Waals surface area contributed by atoms with Crippen molar-refractivity contribution < 1.29 is 13.2 Å². The van der Waals surface area contributed by atoms with E-state index in [4.69, 9.17) is 4.98 Å². The topological polar surface area (TPSA) is 70.6 Å². The van der Waals surface area contributed by atoms with Crippen LogP contribution in [0.4, 0.5) is 5.13 Å². The van der Waals surface area contributed by atoms with Gasteiger partial charge in [0.25, 0.3) is 5.91 Å². The number of thiazole rings is 1. The fraction of sp³-hybridized carbons (Fsp3) is 0.391. The van der Waals surface area contributed by atoms with Gasteiger partial charge in [-0.05, 0) is 43.6 Å². The summed E-state index contributed by atoms with van der Waals surface area (Å²) >= 11 is 3.07. The van der Waals surface area contributed by atoms with E-state index < -0.39 is 9.84 Å². The lowest BCUT2D eigenvalue weighted by atomic mass is 10.2. The SMILES string of the molecule is CCN(CC)CCN(C(=O)c1ccccc1S(=O)(=O)CC)c1nc2c(SC)cccc2s1. The first-order valence-corrected chi connectivity index (χ1v) is 14.3. The zero-order valence-corrected chi connectivity index (χ0v) is 21.3. The van der Waals surface area contributed by atoms with Gasteiger partial charge in [-0.15, -0.1) is 11.8 Å². The molecule has 6 nitrogen and oxygen atoms in total. The maximum atomic E-state index is 13.8. The molecule has 0 unspecified atom stereocenters. The molecule has 32 heavy (non-hydrogen) atoms. The van der Waals surface area contributed by atoms with Crippen LogP contribution >= 0.6 is 23.1 Å². The molecule has 0 aliphatic carbocycles. The summed E-state index contributed by atoms with van der Waals surface area (Å²) in [6.45, 7) is 8.60. The van der Waals surface area contributed by atoms with Gasteiger partial charge in [-0.3, -0.25) is 9.69 Å². The maximum Gasteiger partial charge on any atom is 0.261 e. The van der Waals surface area contributed by atoms with Gasteiger partial charge in [-0.2, -0.15) is 0 Å². The summed E-state index contributed by atoms with van der Waals surface area (Å²) in [5.41, 5.74) is 1.06. The van der Waals surface area contributed by atoms with Crippen LogP contribution in [0.3, 0.4) is 0 Å². The van der Waals surface area contributed by atoms with E-state index in [9.17, 15) is 13.2 Å². The zero-order valence-electron chi connectivity index (χ0n) is 18.9. The highest BCUT2D eigenvalue weighted by atomic mass is 32.2. The van der Waals surface area contributed by atoms with Crippen molar-refractivity contribution in [1.82, 2.24) is 9.88 Å². The van der Waals surface area contributed by atoms with Crippen LogP contribution in [0.25, 0.3) is 10.2 Å². The summed E-state index contributed by atoms with van der Waals surface area (Å²) in [5.74, 6) is -0.399. The highest BCUT2D eigenvalue weighted by Crippen LogP contribution is 2.35. The monoisotopic (exact) mass is 491 g/mol. The van der Waals surface area contributed by atoms with E-state index in [1.165, 1.54) is 17.4 Å². The lowest BCUT2D eigenvalue weighted by Gasteiger charge is -2.25. The first kappa shape index (κ1) is 24.7. The molecule has 0 aliphatic rings. The number of nitrogens with zero attached hydrogens (tertiary/aromatic N) is 3. The van der Waals surface area contributed by atoms with Gasteiger partial charge in [0, 0.05) is 18.0 Å². The van der Waals surface area contributed by atoms with E-state index in [-0.39, 0.29) is 22.1 Å². The quantitative estimate of drug-likeness (QED) is 0.380. The van der Waals surface area contributed by atoms with Crippen molar-refractivity contribution in [3.05, 3.63) is 48.0 Å². The summed E-state index contributed by atoms with van der Waals surface area (Å²) in [6.07, 6.45) is 2.00. The van der Waals surface area contributed by atoms with E-state index in [1.54, 1.807) is 41.8 Å². The van der Waals surface area contributed by atoms with Crippen LogP contribution in [0.5, 0.6) is 0 Å². The minimum atomic E-state index is -3.54. The maximum absolute atomic E-state index is 13.8. The molecule has 0 N–H and O–H groups in total. The molecule has 0 saturated heterocycles. The first-order valence-electron chi connectivity index (χ1n) is 10.7. The van der Waals surface area contributed by atoms with Crippen LogP contribution in [0.15, 0.2) is 52.3 Å². The fourth-order valence-corrected chi connectivity index (χ4v) is 6.20. The number of rotatable bonds is 10. The van der Waals surface area contributed by atoms with Crippen molar-refractivity contribution in [3.63, 3.8) is 0 Å². The van der Waals surface area contributed by atoms with E-state index in [0.717, 1.165) is 28.2 Å². The average molecular weight is 492 g/mol. The number of anilines is 1. The van der Waals surface area contributed by atoms with Gasteiger partial charge in [0.05, 0.1) is 26.4 Å². The highest BCUT2D eigenvalue weighted by molar-refractivity contribution is 7.98. The molecule has 172 valence electrons. The van der Waals surface area contributed by atoms with Crippen LogP contribution < -0.4 is 4.90 Å². The Morgan fingerprint density at radius 2 is 1.75 bits per heavy atom. The fourth-order valence-electron chi connectivity index (χ4n) is 3.47. The van der Waals surface area contributed by atoms with E-state index in [0.29, 0.717) is 18.2 Å². The van der Waals surface area contributed by atoms with Crippen molar-refractivity contribution in [1.29, 1.82) is 0 Å². The molecule has 0 spiro atoms. The van der Waals surface area contributed by atoms with Crippen molar-refractivity contribution in [2.45, 2.75) is 30.6 Å². The number of carbonyl (C=O) groups is 1. The smallest absolute Gasteiger partial charge is 0.261 e. The Morgan fingerprint density at radius 1 is 1.03 bits per heavy atom. The number of thioether (sulfide) groups is 1. The van der Waals surface area contributed by atoms with E-state index in [2.05, 4.69) is 18.7 Å². The standard InChI is InChI=1S/C23H29N3O3S3/c1-5-25(6-2)15-16-26(23-24-21-18(30-4)12-10-13-19(21)31-23)22(27)17-11-8-9-14-20(17)32(28,29)7-3/h8-14H,5-7,15-16H2,1-4H3. The summed E-state index contributed by atoms with van der Waals surface area (Å²) in [6, 6.07) is 12.5. The largest absolute Gasteiger partial charge is 0.302 e. The molecule has 0 radical (unpaired) electrons. The molecule has 0 bridgehead atoms. The molecule has 0 atom stereocenters. The molecular formula is C23H29N3O3S3. The number of sulfone groups is 1. The van der Waals surface area contributed by atoms with E-state index >= 15 is 0 Å². The Bertz CT molecular complexity index is 1190. The van der Waals surface area contributed by atoms with Crippen molar-refractivity contribution in [3.8, 4) is 0 Å². The predicted octanol–water partition coefficient (Wildman–Crippen LogP) is 4.80. The molecule has 0 fully saturated rings. The normalized spacial score (nSPS) is 11.9. The third-order valence-corrected chi connectivity index (χ3v) is 9.03. The number of carbonyl (C=O) groups excluding carboxylic acids is 1. The molecular weight excluding hydrogens is 462 g/mol. The molecule has 9 heteroatoms. The van der Waals surface area contributed by atoms with Gasteiger partial charge in [0.1, 0.15) is 0 Å². The first-order chi connectivity index (χ1) is 15.4. The number of fused-ring (bicyclic) bond motifs is 1. The third-order valence-electron chi connectivity index (χ3n) is 5.43. The minimum absolute atomic E-state index is 0.0606. The van der Waals surface area contributed by atoms with Gasteiger partial charge in [-0.1, -0.05) is 50.3 Å². The Hall–Kier alpha value is -1.94. The third kappa shape index (κ3) is 5.17. The van der Waals surface area contributed by atoms with Crippen LogP contribution in [-0.4, -0.2) is 62.4 Å². The molecule has 3 aromatic rings. The molecule has 2 aromatic carbocycles. The van der Waals surface area contributed by atoms with Gasteiger partial charge >= 0.3 is 0 Å². The van der Waals surface area contributed by atoms with Gasteiger partial charge in [0.2, 0.25) is 0 Å². The molecule has 1 heterocycles. The zero-order chi connectivity index (χ0) is 23.3. The predicted molar refractivity (Wildman–Crippen MR) is 135 cm³/mol. The van der Waals surface area contributed by atoms with Crippen LogP contribution in [0.1, 0.15) is 31.1 Å². The lowest BCUT2D eigenvalue weighted by Crippen LogP contribution is -2.39. The van der Waals surface area contributed by atoms with Crippen LogP contribution in [-0.2, 0) is 9.84 Å². The van der Waals surface area contributed by atoms with Crippen molar-refractivity contribution in [2.24, 2.45) is 0 Å². The Kier molecular flexibility index (Phi) is 8.32. The second-order valence-electron chi connectivity index (χ2n) is 7.19. The molecule has 1 amide bonds. The Morgan fingerprint density at radius 3 is 2.41 bits per heavy atom. The van der Waals surface area contributed by atoms with Gasteiger partial charge in [-0.25, -0.2) is 13.4 Å². The molecule has 0 saturated carbocycles.